The Balaban J connectivity index is 2.08. The van der Waals surface area contributed by atoms with Gasteiger partial charge in [-0.05, 0) is 32.7 Å². The first kappa shape index (κ1) is 15.0. The second-order valence-corrected chi connectivity index (χ2v) is 5.64. The highest BCUT2D eigenvalue weighted by atomic mass is 16.4. The van der Waals surface area contributed by atoms with Crippen molar-refractivity contribution < 1.29 is 9.90 Å². The molecule has 2 heterocycles. The Bertz CT molecular complexity index is 456. The molecule has 0 bridgehead atoms. The summed E-state index contributed by atoms with van der Waals surface area (Å²) in [4.78, 5) is 18.2. The lowest BCUT2D eigenvalue weighted by atomic mass is 9.76. The highest BCUT2D eigenvalue weighted by Gasteiger charge is 2.41. The molecular weight excluding hydrogens is 256 g/mol. The normalized spacial score (nSPS) is 23.9. The van der Waals surface area contributed by atoms with Crippen LogP contribution in [0.5, 0.6) is 0 Å². The molecule has 6 heteroatoms. The van der Waals surface area contributed by atoms with Gasteiger partial charge in [0, 0.05) is 13.1 Å². The summed E-state index contributed by atoms with van der Waals surface area (Å²) in [7, 11) is 0. The number of carbonyl (C=O) groups is 1. The number of likely N-dealkylation sites (tertiary alicyclic amines) is 1. The van der Waals surface area contributed by atoms with Crippen LogP contribution in [0.15, 0.2) is 6.33 Å². The number of aliphatic carboxylic acids is 1. The van der Waals surface area contributed by atoms with Gasteiger partial charge in [-0.15, -0.1) is 0 Å². The second-order valence-electron chi connectivity index (χ2n) is 5.64. The molecule has 112 valence electrons. The molecule has 0 spiro atoms. The van der Waals surface area contributed by atoms with Crippen molar-refractivity contribution in [2.75, 3.05) is 13.1 Å². The molecule has 20 heavy (non-hydrogen) atoms. The van der Waals surface area contributed by atoms with Crippen LogP contribution >= 0.6 is 0 Å². The maximum atomic E-state index is 11.7. The van der Waals surface area contributed by atoms with Crippen molar-refractivity contribution in [2.24, 2.45) is 5.41 Å². The average Bonchev–Trinajstić information content (AvgIpc) is 2.86. The maximum Gasteiger partial charge on any atom is 0.310 e. The van der Waals surface area contributed by atoms with Crippen LogP contribution in [0.25, 0.3) is 0 Å². The minimum absolute atomic E-state index is 0.579. The van der Waals surface area contributed by atoms with Gasteiger partial charge in [0.1, 0.15) is 12.2 Å². The molecule has 1 atom stereocenters. The van der Waals surface area contributed by atoms with Crippen LogP contribution in [-0.4, -0.2) is 43.8 Å². The first-order chi connectivity index (χ1) is 9.61. The van der Waals surface area contributed by atoms with Gasteiger partial charge in [0.25, 0.3) is 0 Å². The average molecular weight is 280 g/mol. The Hall–Kier alpha value is -1.43. The molecule has 1 aliphatic rings. The van der Waals surface area contributed by atoms with E-state index in [9.17, 15) is 9.90 Å². The van der Waals surface area contributed by atoms with E-state index in [4.69, 9.17) is 0 Å². The summed E-state index contributed by atoms with van der Waals surface area (Å²) in [5.41, 5.74) is -0.579. The first-order valence-electron chi connectivity index (χ1n) is 7.43. The molecule has 0 saturated carbocycles. The summed E-state index contributed by atoms with van der Waals surface area (Å²) < 4.78 is 1.87. The van der Waals surface area contributed by atoms with Crippen LogP contribution in [0.2, 0.25) is 0 Å². The summed E-state index contributed by atoms with van der Waals surface area (Å²) in [5, 5.41) is 13.8. The molecule has 1 unspecified atom stereocenters. The van der Waals surface area contributed by atoms with Gasteiger partial charge in [0.15, 0.2) is 0 Å². The van der Waals surface area contributed by atoms with Crippen LogP contribution in [0, 0.1) is 5.41 Å². The molecule has 2 rings (SSSR count). The van der Waals surface area contributed by atoms with E-state index in [1.54, 1.807) is 6.33 Å². The number of aromatic nitrogens is 3. The lowest BCUT2D eigenvalue weighted by molar-refractivity contribution is -0.153. The first-order valence-corrected chi connectivity index (χ1v) is 7.43. The monoisotopic (exact) mass is 280 g/mol. The molecule has 1 saturated heterocycles. The molecule has 6 nitrogen and oxygen atoms in total. The van der Waals surface area contributed by atoms with Gasteiger partial charge in [0.2, 0.25) is 0 Å². The van der Waals surface area contributed by atoms with Crippen LogP contribution in [-0.2, 0) is 17.9 Å². The van der Waals surface area contributed by atoms with Gasteiger partial charge in [-0.1, -0.05) is 13.3 Å². The van der Waals surface area contributed by atoms with E-state index in [-0.39, 0.29) is 0 Å². The van der Waals surface area contributed by atoms with Crippen molar-refractivity contribution in [1.82, 2.24) is 19.7 Å². The van der Waals surface area contributed by atoms with Crippen LogP contribution in [0.1, 0.15) is 45.4 Å². The van der Waals surface area contributed by atoms with E-state index in [1.807, 2.05) is 11.6 Å². The van der Waals surface area contributed by atoms with Gasteiger partial charge in [-0.25, -0.2) is 9.67 Å². The lowest BCUT2D eigenvalue weighted by Gasteiger charge is -2.39. The minimum atomic E-state index is -0.652. The molecule has 0 aliphatic carbocycles. The van der Waals surface area contributed by atoms with E-state index in [0.29, 0.717) is 13.1 Å². The molecule has 0 radical (unpaired) electrons. The van der Waals surface area contributed by atoms with E-state index >= 15 is 0 Å². The Morgan fingerprint density at radius 2 is 2.30 bits per heavy atom. The zero-order valence-electron chi connectivity index (χ0n) is 12.4. The van der Waals surface area contributed by atoms with Gasteiger partial charge >= 0.3 is 5.97 Å². The van der Waals surface area contributed by atoms with Crippen LogP contribution < -0.4 is 0 Å². The molecule has 1 aromatic rings. The molecule has 0 amide bonds. The zero-order valence-corrected chi connectivity index (χ0v) is 12.4. The number of nitrogens with zero attached hydrogens (tertiary/aromatic N) is 4. The van der Waals surface area contributed by atoms with E-state index in [2.05, 4.69) is 21.9 Å². The van der Waals surface area contributed by atoms with Crippen LogP contribution in [0.4, 0.5) is 0 Å². The maximum absolute atomic E-state index is 11.7. The summed E-state index contributed by atoms with van der Waals surface area (Å²) >= 11 is 0. The Kier molecular flexibility index (Phi) is 4.75. The van der Waals surface area contributed by atoms with Gasteiger partial charge < -0.3 is 5.11 Å². The highest BCUT2D eigenvalue weighted by Crippen LogP contribution is 2.35. The molecule has 0 aromatic carbocycles. The Labute approximate surface area is 119 Å². The smallest absolute Gasteiger partial charge is 0.310 e. The molecular formula is C14H24N4O2. The molecule has 1 aliphatic heterocycles. The number of carboxylic acids is 1. The molecule has 1 aromatic heterocycles. The molecule has 1 N–H and O–H groups in total. The Morgan fingerprint density at radius 3 is 2.95 bits per heavy atom. The van der Waals surface area contributed by atoms with Crippen molar-refractivity contribution >= 4 is 5.97 Å². The third-order valence-electron chi connectivity index (χ3n) is 4.20. The highest BCUT2D eigenvalue weighted by molar-refractivity contribution is 5.75. The van der Waals surface area contributed by atoms with Crippen molar-refractivity contribution in [3.05, 3.63) is 12.2 Å². The zero-order chi connectivity index (χ0) is 14.6. The summed E-state index contributed by atoms with van der Waals surface area (Å²) in [6, 6.07) is 0. The summed E-state index contributed by atoms with van der Waals surface area (Å²) in [5.74, 6) is 0.270. The molecule has 1 fully saturated rings. The quantitative estimate of drug-likeness (QED) is 0.859. The standard InChI is InChI=1S/C14H24N4O2/c1-3-6-14(13(19)20)7-5-8-17(10-14)9-12-15-11-16-18(12)4-2/h11H,3-10H2,1-2H3,(H,19,20). The number of hydrogen-bond donors (Lipinski definition) is 1. The topological polar surface area (TPSA) is 71.2 Å². The summed E-state index contributed by atoms with van der Waals surface area (Å²) in [6.45, 7) is 7.13. The largest absolute Gasteiger partial charge is 0.481 e. The third kappa shape index (κ3) is 3.00. The van der Waals surface area contributed by atoms with Crippen LogP contribution in [0.3, 0.4) is 0 Å². The van der Waals surface area contributed by atoms with Crippen molar-refractivity contribution in [3.8, 4) is 0 Å². The number of rotatable bonds is 6. The fourth-order valence-corrected chi connectivity index (χ4v) is 3.20. The third-order valence-corrected chi connectivity index (χ3v) is 4.20. The van der Waals surface area contributed by atoms with Gasteiger partial charge in [0.05, 0.1) is 12.0 Å². The van der Waals surface area contributed by atoms with Crippen molar-refractivity contribution in [2.45, 2.75) is 52.6 Å². The number of aryl methyl sites for hydroxylation is 1. The Morgan fingerprint density at radius 1 is 1.50 bits per heavy atom. The number of hydrogen-bond acceptors (Lipinski definition) is 4. The van der Waals surface area contributed by atoms with Crippen molar-refractivity contribution in [3.63, 3.8) is 0 Å². The summed E-state index contributed by atoms with van der Waals surface area (Å²) in [6.07, 6.45) is 4.95. The predicted octanol–water partition coefficient (Wildman–Crippen LogP) is 1.76. The fraction of sp³-hybridized carbons (Fsp3) is 0.786. The van der Waals surface area contributed by atoms with E-state index in [1.165, 1.54) is 0 Å². The number of piperidine rings is 1. The van der Waals surface area contributed by atoms with Gasteiger partial charge in [-0.3, -0.25) is 9.69 Å². The van der Waals surface area contributed by atoms with E-state index in [0.717, 1.165) is 44.6 Å². The SMILES string of the molecule is CCCC1(C(=O)O)CCCN(Cc2ncnn2CC)C1. The van der Waals surface area contributed by atoms with Gasteiger partial charge in [-0.2, -0.15) is 5.10 Å². The minimum Gasteiger partial charge on any atom is -0.481 e. The lowest BCUT2D eigenvalue weighted by Crippen LogP contribution is -2.47. The second kappa shape index (κ2) is 6.35. The number of carboxylic acid groups (broad SMARTS) is 1. The van der Waals surface area contributed by atoms with Crippen molar-refractivity contribution in [1.29, 1.82) is 0 Å². The van der Waals surface area contributed by atoms with E-state index < -0.39 is 11.4 Å². The predicted molar refractivity (Wildman–Crippen MR) is 75.2 cm³/mol. The fourth-order valence-electron chi connectivity index (χ4n) is 3.20.